The molecule has 5 heteroatoms. The van der Waals surface area contributed by atoms with Crippen LogP contribution in [0.2, 0.25) is 0 Å². The molecule has 0 spiro atoms. The maximum atomic E-state index is 6.06. The van der Waals surface area contributed by atoms with E-state index < -0.39 is 0 Å². The van der Waals surface area contributed by atoms with E-state index in [2.05, 4.69) is 67.6 Å². The molecule has 1 fully saturated rings. The van der Waals surface area contributed by atoms with Crippen molar-refractivity contribution in [2.75, 3.05) is 31.6 Å². The van der Waals surface area contributed by atoms with Crippen molar-refractivity contribution in [3.8, 4) is 5.75 Å². The Kier molecular flexibility index (Phi) is 5.28. The Balaban J connectivity index is 1.69. The van der Waals surface area contributed by atoms with Crippen molar-refractivity contribution in [2.24, 2.45) is 0 Å². The van der Waals surface area contributed by atoms with Crippen LogP contribution in [-0.2, 0) is 5.41 Å². The van der Waals surface area contributed by atoms with Crippen LogP contribution in [0, 0.1) is 0 Å². The standard InChI is InChI=1S/C21H31N3O2/c1-15-14-23(16(2)20-22-13-19(26-20)21(3,4)5)10-11-24(15)17-8-7-9-18(12-17)25-6/h7-9,12-13,15-16H,10-11,14H2,1-6H3/t15-,16-/m0/s1. The fourth-order valence-electron chi connectivity index (χ4n) is 3.49. The van der Waals surface area contributed by atoms with E-state index in [1.165, 1.54) is 5.69 Å². The lowest BCUT2D eigenvalue weighted by Crippen LogP contribution is -2.52. The van der Waals surface area contributed by atoms with Gasteiger partial charge in [-0.05, 0) is 26.0 Å². The normalized spacial score (nSPS) is 20.2. The summed E-state index contributed by atoms with van der Waals surface area (Å²) >= 11 is 0. The smallest absolute Gasteiger partial charge is 0.211 e. The van der Waals surface area contributed by atoms with Crippen LogP contribution >= 0.6 is 0 Å². The number of oxazole rings is 1. The summed E-state index contributed by atoms with van der Waals surface area (Å²) < 4.78 is 11.4. The minimum atomic E-state index is -0.0106. The molecule has 0 N–H and O–H groups in total. The number of hydrogen-bond acceptors (Lipinski definition) is 5. The summed E-state index contributed by atoms with van der Waals surface area (Å²) in [5.74, 6) is 2.67. The zero-order valence-electron chi connectivity index (χ0n) is 16.8. The van der Waals surface area contributed by atoms with Crippen LogP contribution in [0.3, 0.4) is 0 Å². The highest BCUT2D eigenvalue weighted by Crippen LogP contribution is 2.30. The monoisotopic (exact) mass is 357 g/mol. The van der Waals surface area contributed by atoms with Crippen molar-refractivity contribution < 1.29 is 9.15 Å². The number of piperazine rings is 1. The Morgan fingerprint density at radius 3 is 2.65 bits per heavy atom. The number of rotatable bonds is 4. The van der Waals surface area contributed by atoms with Gasteiger partial charge in [0.25, 0.3) is 0 Å². The van der Waals surface area contributed by atoms with Crippen LogP contribution in [-0.4, -0.2) is 42.7 Å². The number of aromatic nitrogens is 1. The average molecular weight is 357 g/mol. The molecule has 26 heavy (non-hydrogen) atoms. The quantitative estimate of drug-likeness (QED) is 0.818. The Hall–Kier alpha value is -2.01. The number of methoxy groups -OCH3 is 1. The largest absolute Gasteiger partial charge is 0.497 e. The first-order valence-corrected chi connectivity index (χ1v) is 9.40. The van der Waals surface area contributed by atoms with Crippen molar-refractivity contribution in [3.63, 3.8) is 0 Å². The van der Waals surface area contributed by atoms with E-state index in [9.17, 15) is 0 Å². The molecule has 1 aromatic heterocycles. The van der Waals surface area contributed by atoms with Crippen LogP contribution in [0.15, 0.2) is 34.9 Å². The number of anilines is 1. The molecule has 1 aromatic carbocycles. The Bertz CT molecular complexity index is 735. The molecule has 0 bridgehead atoms. The van der Waals surface area contributed by atoms with E-state index in [0.29, 0.717) is 6.04 Å². The highest BCUT2D eigenvalue weighted by Gasteiger charge is 2.30. The number of benzene rings is 1. The third-order valence-corrected chi connectivity index (χ3v) is 5.21. The maximum Gasteiger partial charge on any atom is 0.211 e. The van der Waals surface area contributed by atoms with Gasteiger partial charge in [-0.15, -0.1) is 0 Å². The highest BCUT2D eigenvalue weighted by atomic mass is 16.5. The number of ether oxygens (including phenoxy) is 1. The van der Waals surface area contributed by atoms with E-state index in [4.69, 9.17) is 9.15 Å². The molecule has 0 unspecified atom stereocenters. The maximum absolute atomic E-state index is 6.06. The molecule has 0 aliphatic carbocycles. The van der Waals surface area contributed by atoms with E-state index in [1.807, 2.05) is 12.3 Å². The molecule has 1 saturated heterocycles. The molecule has 3 rings (SSSR count). The molecule has 0 amide bonds. The zero-order valence-corrected chi connectivity index (χ0v) is 16.8. The first-order valence-electron chi connectivity index (χ1n) is 9.40. The summed E-state index contributed by atoms with van der Waals surface area (Å²) in [5.41, 5.74) is 1.21. The Labute approximate surface area is 157 Å². The molecule has 2 heterocycles. The molecule has 0 radical (unpaired) electrons. The predicted molar refractivity (Wildman–Crippen MR) is 105 cm³/mol. The summed E-state index contributed by atoms with van der Waals surface area (Å²) in [7, 11) is 1.71. The van der Waals surface area contributed by atoms with Gasteiger partial charge in [-0.3, -0.25) is 4.90 Å². The second kappa shape index (κ2) is 7.31. The fourth-order valence-corrected chi connectivity index (χ4v) is 3.49. The van der Waals surface area contributed by atoms with Gasteiger partial charge in [0.1, 0.15) is 11.5 Å². The average Bonchev–Trinajstić information content (AvgIpc) is 3.11. The van der Waals surface area contributed by atoms with Crippen LogP contribution in [0.25, 0.3) is 0 Å². The van der Waals surface area contributed by atoms with Gasteiger partial charge in [0.2, 0.25) is 5.89 Å². The van der Waals surface area contributed by atoms with Gasteiger partial charge in [0.05, 0.1) is 19.3 Å². The lowest BCUT2D eigenvalue weighted by atomic mass is 9.94. The summed E-state index contributed by atoms with van der Waals surface area (Å²) in [6.45, 7) is 13.8. The van der Waals surface area contributed by atoms with Crippen molar-refractivity contribution in [1.29, 1.82) is 0 Å². The fraction of sp³-hybridized carbons (Fsp3) is 0.571. The molecule has 1 aliphatic rings. The van der Waals surface area contributed by atoms with Gasteiger partial charge in [-0.25, -0.2) is 4.98 Å². The van der Waals surface area contributed by atoms with Gasteiger partial charge >= 0.3 is 0 Å². The molecular formula is C21H31N3O2. The first kappa shape index (κ1) is 18.8. The molecule has 142 valence electrons. The van der Waals surface area contributed by atoms with Gasteiger partial charge in [-0.2, -0.15) is 0 Å². The summed E-state index contributed by atoms with van der Waals surface area (Å²) in [5, 5.41) is 0. The van der Waals surface area contributed by atoms with Crippen LogP contribution < -0.4 is 9.64 Å². The second-order valence-electron chi connectivity index (χ2n) is 8.23. The van der Waals surface area contributed by atoms with Crippen LogP contribution in [0.5, 0.6) is 5.75 Å². The summed E-state index contributed by atoms with van der Waals surface area (Å²) in [4.78, 5) is 9.45. The zero-order chi connectivity index (χ0) is 18.9. The van der Waals surface area contributed by atoms with E-state index >= 15 is 0 Å². The Morgan fingerprint density at radius 2 is 2.04 bits per heavy atom. The predicted octanol–water partition coefficient (Wildman–Crippen LogP) is 4.25. The Morgan fingerprint density at radius 1 is 1.27 bits per heavy atom. The molecule has 2 aromatic rings. The van der Waals surface area contributed by atoms with Gasteiger partial charge in [0.15, 0.2) is 0 Å². The second-order valence-corrected chi connectivity index (χ2v) is 8.23. The van der Waals surface area contributed by atoms with Crippen molar-refractivity contribution in [3.05, 3.63) is 42.1 Å². The third-order valence-electron chi connectivity index (χ3n) is 5.21. The topological polar surface area (TPSA) is 41.7 Å². The number of nitrogens with zero attached hydrogens (tertiary/aromatic N) is 3. The van der Waals surface area contributed by atoms with Crippen LogP contribution in [0.1, 0.15) is 52.3 Å². The van der Waals surface area contributed by atoms with Crippen molar-refractivity contribution >= 4 is 5.69 Å². The molecule has 0 saturated carbocycles. The van der Waals surface area contributed by atoms with E-state index in [0.717, 1.165) is 37.0 Å². The van der Waals surface area contributed by atoms with Gasteiger partial charge < -0.3 is 14.1 Å². The molecule has 1 aliphatic heterocycles. The molecule has 5 nitrogen and oxygen atoms in total. The summed E-state index contributed by atoms with van der Waals surface area (Å²) in [6, 6.07) is 8.90. The first-order chi connectivity index (χ1) is 12.3. The molecular weight excluding hydrogens is 326 g/mol. The van der Waals surface area contributed by atoms with E-state index in [1.54, 1.807) is 7.11 Å². The third kappa shape index (κ3) is 3.88. The lowest BCUT2D eigenvalue weighted by Gasteiger charge is -2.43. The summed E-state index contributed by atoms with van der Waals surface area (Å²) in [6.07, 6.45) is 1.88. The minimum Gasteiger partial charge on any atom is -0.497 e. The lowest BCUT2D eigenvalue weighted by molar-refractivity contribution is 0.151. The van der Waals surface area contributed by atoms with E-state index in [-0.39, 0.29) is 11.5 Å². The molecule has 2 atom stereocenters. The number of hydrogen-bond donors (Lipinski definition) is 0. The van der Waals surface area contributed by atoms with Gasteiger partial charge in [-0.1, -0.05) is 26.8 Å². The van der Waals surface area contributed by atoms with Crippen LogP contribution in [0.4, 0.5) is 5.69 Å². The van der Waals surface area contributed by atoms with Crippen molar-refractivity contribution in [1.82, 2.24) is 9.88 Å². The SMILES string of the molecule is COc1cccc(N2CCN([C@@H](C)c3ncc(C(C)(C)C)o3)C[C@@H]2C)c1. The highest BCUT2D eigenvalue weighted by molar-refractivity contribution is 5.52. The van der Waals surface area contributed by atoms with Gasteiger partial charge in [0, 0.05) is 42.8 Å². The minimum absolute atomic E-state index is 0.0106. The van der Waals surface area contributed by atoms with Crippen molar-refractivity contribution in [2.45, 2.75) is 52.1 Å².